The summed E-state index contributed by atoms with van der Waals surface area (Å²) in [6.07, 6.45) is -4.68. The summed E-state index contributed by atoms with van der Waals surface area (Å²) >= 11 is 0. The van der Waals surface area contributed by atoms with E-state index < -0.39 is 49.5 Å². The third-order valence-corrected chi connectivity index (χ3v) is 6.13. The quantitative estimate of drug-likeness (QED) is 0.337. The molecule has 0 aromatic heterocycles. The van der Waals surface area contributed by atoms with Gasteiger partial charge in [0.05, 0.1) is 25.4 Å². The summed E-state index contributed by atoms with van der Waals surface area (Å²) in [6, 6.07) is 0. The van der Waals surface area contributed by atoms with Crippen molar-refractivity contribution >= 4 is 0 Å². The van der Waals surface area contributed by atoms with Gasteiger partial charge in [-0.05, 0) is 49.9 Å². The maximum absolute atomic E-state index is 10.3. The lowest BCUT2D eigenvalue weighted by atomic mass is 9.61. The van der Waals surface area contributed by atoms with Crippen LogP contribution in [-0.4, -0.2) is 86.8 Å². The monoisotopic (exact) mass is 392 g/mol. The van der Waals surface area contributed by atoms with Crippen molar-refractivity contribution in [3.63, 3.8) is 0 Å². The van der Waals surface area contributed by atoms with E-state index >= 15 is 0 Å². The van der Waals surface area contributed by atoms with E-state index in [1.807, 2.05) is 0 Å². The van der Waals surface area contributed by atoms with E-state index in [-0.39, 0.29) is 23.9 Å². The van der Waals surface area contributed by atoms with Crippen LogP contribution in [0.1, 0.15) is 46.5 Å². The predicted octanol–water partition coefficient (Wildman–Crippen LogP) is -0.623. The fourth-order valence-corrected chi connectivity index (χ4v) is 4.65. The summed E-state index contributed by atoms with van der Waals surface area (Å²) in [7, 11) is 0. The molecule has 0 spiro atoms. The average molecular weight is 392 g/mol. The zero-order valence-corrected chi connectivity index (χ0v) is 16.4. The molecule has 0 amide bonds. The lowest BCUT2D eigenvalue weighted by Crippen LogP contribution is -2.59. The molecule has 0 aromatic rings. The Kier molecular flexibility index (Phi) is 8.04. The highest BCUT2D eigenvalue weighted by molar-refractivity contribution is 4.93. The third kappa shape index (κ3) is 5.61. The van der Waals surface area contributed by atoms with Gasteiger partial charge in [-0.3, -0.25) is 0 Å². The number of aliphatic hydroxyl groups is 6. The first-order chi connectivity index (χ1) is 12.6. The molecular weight excluding hydrogens is 356 g/mol. The average Bonchev–Trinajstić information content (AvgIpc) is 2.57. The van der Waals surface area contributed by atoms with Crippen LogP contribution in [-0.2, 0) is 9.47 Å². The normalized spacial score (nSPS) is 43.4. The van der Waals surface area contributed by atoms with Gasteiger partial charge in [0.25, 0.3) is 0 Å². The Morgan fingerprint density at radius 3 is 2.37 bits per heavy atom. The van der Waals surface area contributed by atoms with Crippen molar-refractivity contribution in [3.05, 3.63) is 0 Å². The SMILES string of the molecule is CC(O)CCC1C(COC2OC(CO)C(O)C(O)C2O)CC(O)CC1(C)C. The summed E-state index contributed by atoms with van der Waals surface area (Å²) in [6.45, 7) is 5.65. The molecular formula is C19H36O8. The maximum Gasteiger partial charge on any atom is 0.186 e. The van der Waals surface area contributed by atoms with Gasteiger partial charge in [-0.2, -0.15) is 0 Å². The van der Waals surface area contributed by atoms with Gasteiger partial charge in [0.1, 0.15) is 24.4 Å². The Morgan fingerprint density at radius 2 is 1.78 bits per heavy atom. The minimum absolute atomic E-state index is 0.00475. The molecule has 0 bridgehead atoms. The van der Waals surface area contributed by atoms with Gasteiger partial charge in [-0.1, -0.05) is 13.8 Å². The zero-order chi connectivity index (χ0) is 20.4. The molecule has 2 rings (SSSR count). The minimum atomic E-state index is -1.47. The van der Waals surface area contributed by atoms with E-state index in [0.717, 1.165) is 6.42 Å². The molecule has 1 aliphatic carbocycles. The molecule has 6 N–H and O–H groups in total. The molecule has 0 radical (unpaired) electrons. The van der Waals surface area contributed by atoms with Crippen LogP contribution in [0.4, 0.5) is 0 Å². The Bertz CT molecular complexity index is 455. The van der Waals surface area contributed by atoms with Crippen molar-refractivity contribution in [2.24, 2.45) is 17.3 Å². The van der Waals surface area contributed by atoms with Crippen LogP contribution in [0.15, 0.2) is 0 Å². The molecule has 2 aliphatic rings. The van der Waals surface area contributed by atoms with Crippen molar-refractivity contribution in [1.29, 1.82) is 0 Å². The van der Waals surface area contributed by atoms with E-state index in [1.165, 1.54) is 0 Å². The molecule has 9 atom stereocenters. The Balaban J connectivity index is 2.03. The first-order valence-electron chi connectivity index (χ1n) is 9.85. The van der Waals surface area contributed by atoms with Crippen molar-refractivity contribution in [2.45, 2.75) is 89.4 Å². The largest absolute Gasteiger partial charge is 0.394 e. The summed E-state index contributed by atoms with van der Waals surface area (Å²) in [4.78, 5) is 0. The molecule has 8 nitrogen and oxygen atoms in total. The fourth-order valence-electron chi connectivity index (χ4n) is 4.65. The van der Waals surface area contributed by atoms with E-state index in [9.17, 15) is 30.6 Å². The molecule has 8 heteroatoms. The maximum atomic E-state index is 10.3. The first-order valence-corrected chi connectivity index (χ1v) is 9.85. The van der Waals surface area contributed by atoms with Crippen LogP contribution in [0, 0.1) is 17.3 Å². The minimum Gasteiger partial charge on any atom is -0.394 e. The van der Waals surface area contributed by atoms with Crippen molar-refractivity contribution in [1.82, 2.24) is 0 Å². The van der Waals surface area contributed by atoms with Crippen LogP contribution < -0.4 is 0 Å². The highest BCUT2D eigenvalue weighted by Crippen LogP contribution is 2.47. The Morgan fingerprint density at radius 1 is 1.11 bits per heavy atom. The van der Waals surface area contributed by atoms with Crippen molar-refractivity contribution < 1.29 is 40.1 Å². The topological polar surface area (TPSA) is 140 Å². The van der Waals surface area contributed by atoms with Crippen molar-refractivity contribution in [2.75, 3.05) is 13.2 Å². The fraction of sp³-hybridized carbons (Fsp3) is 1.00. The molecule has 160 valence electrons. The molecule has 1 heterocycles. The van der Waals surface area contributed by atoms with E-state index in [0.29, 0.717) is 19.3 Å². The van der Waals surface area contributed by atoms with Crippen LogP contribution in [0.2, 0.25) is 0 Å². The molecule has 9 unspecified atom stereocenters. The van der Waals surface area contributed by atoms with Crippen LogP contribution in [0.5, 0.6) is 0 Å². The van der Waals surface area contributed by atoms with Crippen LogP contribution >= 0.6 is 0 Å². The summed E-state index contributed by atoms with van der Waals surface area (Å²) in [5.41, 5.74) is -0.129. The summed E-state index contributed by atoms with van der Waals surface area (Å²) in [5.74, 6) is 0.204. The molecule has 1 aliphatic heterocycles. The van der Waals surface area contributed by atoms with E-state index in [4.69, 9.17) is 9.47 Å². The van der Waals surface area contributed by atoms with Gasteiger partial charge >= 0.3 is 0 Å². The molecule has 2 fully saturated rings. The van der Waals surface area contributed by atoms with Crippen LogP contribution in [0.3, 0.4) is 0 Å². The third-order valence-electron chi connectivity index (χ3n) is 6.13. The van der Waals surface area contributed by atoms with Gasteiger partial charge in [-0.15, -0.1) is 0 Å². The summed E-state index contributed by atoms with van der Waals surface area (Å²) in [5, 5.41) is 59.1. The predicted molar refractivity (Wildman–Crippen MR) is 96.6 cm³/mol. The zero-order valence-electron chi connectivity index (χ0n) is 16.4. The van der Waals surface area contributed by atoms with Crippen LogP contribution in [0.25, 0.3) is 0 Å². The number of hydrogen-bond acceptors (Lipinski definition) is 8. The van der Waals surface area contributed by atoms with E-state index in [2.05, 4.69) is 13.8 Å². The molecule has 1 saturated carbocycles. The second-order valence-corrected chi connectivity index (χ2v) is 8.91. The second-order valence-electron chi connectivity index (χ2n) is 8.91. The lowest BCUT2D eigenvalue weighted by Gasteiger charge is -2.47. The molecule has 0 aromatic carbocycles. The highest BCUT2D eigenvalue weighted by atomic mass is 16.7. The number of ether oxygens (including phenoxy) is 2. The number of rotatable bonds is 7. The smallest absolute Gasteiger partial charge is 0.186 e. The summed E-state index contributed by atoms with van der Waals surface area (Å²) < 4.78 is 11.1. The number of hydrogen-bond donors (Lipinski definition) is 6. The Hall–Kier alpha value is -0.320. The second kappa shape index (κ2) is 9.45. The lowest BCUT2D eigenvalue weighted by molar-refractivity contribution is -0.305. The van der Waals surface area contributed by atoms with Gasteiger partial charge < -0.3 is 40.1 Å². The highest BCUT2D eigenvalue weighted by Gasteiger charge is 2.46. The molecule has 27 heavy (non-hydrogen) atoms. The number of aliphatic hydroxyl groups excluding tert-OH is 6. The standard InChI is InChI=1S/C19H36O8/c1-10(21)4-5-13-11(6-12(22)7-19(13,2)3)9-26-18-17(25)16(24)15(23)14(8-20)27-18/h10-18,20-25H,4-9H2,1-3H3. The van der Waals surface area contributed by atoms with Gasteiger partial charge in [0.2, 0.25) is 0 Å². The van der Waals surface area contributed by atoms with Crippen molar-refractivity contribution in [3.8, 4) is 0 Å². The molecule has 1 saturated heterocycles. The van der Waals surface area contributed by atoms with Gasteiger partial charge in [-0.25, -0.2) is 0 Å². The van der Waals surface area contributed by atoms with Gasteiger partial charge in [0.15, 0.2) is 6.29 Å². The van der Waals surface area contributed by atoms with Gasteiger partial charge in [0, 0.05) is 0 Å². The van der Waals surface area contributed by atoms with E-state index in [1.54, 1.807) is 6.92 Å². The first kappa shape index (κ1) is 23.0. The Labute approximate surface area is 160 Å².